The predicted molar refractivity (Wildman–Crippen MR) is 68.3 cm³/mol. The van der Waals surface area contributed by atoms with Gasteiger partial charge in [-0.3, -0.25) is 9.89 Å². The highest BCUT2D eigenvalue weighted by atomic mass is 16.6. The zero-order valence-corrected chi connectivity index (χ0v) is 10.3. The second-order valence-electron chi connectivity index (χ2n) is 4.26. The summed E-state index contributed by atoms with van der Waals surface area (Å²) in [7, 11) is 0. The first kappa shape index (κ1) is 11.6. The molecule has 98 valence electrons. The first-order chi connectivity index (χ1) is 9.24. The number of aromatic nitrogens is 2. The number of carbonyl (C=O) groups is 1. The predicted octanol–water partition coefficient (Wildman–Crippen LogP) is 1.50. The van der Waals surface area contributed by atoms with Crippen LogP contribution in [0.15, 0.2) is 30.5 Å². The Morgan fingerprint density at radius 2 is 2.21 bits per heavy atom. The first-order valence-electron chi connectivity index (χ1n) is 5.93. The average Bonchev–Trinajstić information content (AvgIpc) is 2.84. The van der Waals surface area contributed by atoms with Crippen molar-refractivity contribution >= 4 is 11.6 Å². The van der Waals surface area contributed by atoms with Gasteiger partial charge in [-0.2, -0.15) is 5.10 Å². The van der Waals surface area contributed by atoms with Crippen LogP contribution in [0, 0.1) is 6.92 Å². The number of para-hydroxylation sites is 2. The summed E-state index contributed by atoms with van der Waals surface area (Å²) in [6, 6.07) is 7.28. The number of amides is 1. The number of benzene rings is 1. The zero-order valence-electron chi connectivity index (χ0n) is 10.3. The van der Waals surface area contributed by atoms with E-state index in [1.165, 1.54) is 0 Å². The van der Waals surface area contributed by atoms with E-state index in [0.717, 1.165) is 5.69 Å². The molecule has 0 spiro atoms. The zero-order chi connectivity index (χ0) is 13.2. The number of fused-ring (bicyclic) bond motifs is 1. The molecular weight excluding hydrogens is 246 g/mol. The van der Waals surface area contributed by atoms with E-state index in [1.807, 2.05) is 25.1 Å². The fourth-order valence-electron chi connectivity index (χ4n) is 1.84. The smallest absolute Gasteiger partial charge is 0.269 e. The maximum atomic E-state index is 12.1. The molecule has 0 fully saturated rings. The van der Waals surface area contributed by atoms with Crippen LogP contribution in [0.25, 0.3) is 0 Å². The van der Waals surface area contributed by atoms with Crippen molar-refractivity contribution in [3.8, 4) is 11.5 Å². The van der Waals surface area contributed by atoms with E-state index < -0.39 is 6.10 Å². The van der Waals surface area contributed by atoms with E-state index in [2.05, 4.69) is 15.5 Å². The van der Waals surface area contributed by atoms with Gasteiger partial charge in [0.1, 0.15) is 6.61 Å². The monoisotopic (exact) mass is 259 g/mol. The molecule has 0 unspecified atom stereocenters. The number of ether oxygens (including phenoxy) is 2. The molecule has 6 nitrogen and oxygen atoms in total. The summed E-state index contributed by atoms with van der Waals surface area (Å²) in [5.41, 5.74) is 1.44. The highest BCUT2D eigenvalue weighted by Crippen LogP contribution is 2.31. The van der Waals surface area contributed by atoms with Crippen LogP contribution in [0.2, 0.25) is 0 Å². The molecule has 0 saturated carbocycles. The number of aryl methyl sites for hydroxylation is 1. The third-order valence-corrected chi connectivity index (χ3v) is 2.89. The van der Waals surface area contributed by atoms with Gasteiger partial charge in [-0.25, -0.2) is 0 Å². The molecule has 2 N–H and O–H groups in total. The summed E-state index contributed by atoms with van der Waals surface area (Å²) in [6.45, 7) is 2.02. The van der Waals surface area contributed by atoms with Crippen LogP contribution in [-0.4, -0.2) is 28.8 Å². The Morgan fingerprint density at radius 1 is 1.42 bits per heavy atom. The molecule has 1 atom stereocenters. The number of nitrogens with zero attached hydrogens (tertiary/aromatic N) is 1. The Morgan fingerprint density at radius 3 is 2.95 bits per heavy atom. The second-order valence-corrected chi connectivity index (χ2v) is 4.26. The van der Waals surface area contributed by atoms with E-state index in [9.17, 15) is 4.79 Å². The molecule has 1 aromatic heterocycles. The Balaban J connectivity index is 1.71. The Bertz CT molecular complexity index is 609. The van der Waals surface area contributed by atoms with E-state index in [0.29, 0.717) is 17.2 Å². The lowest BCUT2D eigenvalue weighted by Crippen LogP contribution is -2.40. The second kappa shape index (κ2) is 4.64. The molecule has 6 heteroatoms. The highest BCUT2D eigenvalue weighted by Gasteiger charge is 2.27. The average molecular weight is 259 g/mol. The first-order valence-corrected chi connectivity index (χ1v) is 5.93. The van der Waals surface area contributed by atoms with Crippen LogP contribution < -0.4 is 14.8 Å². The molecule has 0 saturated heterocycles. The third kappa shape index (κ3) is 2.24. The topological polar surface area (TPSA) is 76.2 Å². The number of aromatic amines is 1. The molecule has 2 aromatic rings. The van der Waals surface area contributed by atoms with Crippen LogP contribution in [0.5, 0.6) is 11.5 Å². The van der Waals surface area contributed by atoms with E-state index in [-0.39, 0.29) is 12.5 Å². The highest BCUT2D eigenvalue weighted by molar-refractivity contribution is 5.95. The summed E-state index contributed by atoms with van der Waals surface area (Å²) in [5.74, 6) is 0.989. The van der Waals surface area contributed by atoms with Crippen LogP contribution in [0.4, 0.5) is 5.69 Å². The van der Waals surface area contributed by atoms with Crippen LogP contribution in [0.3, 0.4) is 0 Å². The van der Waals surface area contributed by atoms with Crippen molar-refractivity contribution < 1.29 is 14.3 Å². The van der Waals surface area contributed by atoms with Gasteiger partial charge in [0.2, 0.25) is 6.10 Å². The molecule has 1 aromatic carbocycles. The van der Waals surface area contributed by atoms with E-state index in [4.69, 9.17) is 9.47 Å². The van der Waals surface area contributed by atoms with Crippen molar-refractivity contribution in [1.29, 1.82) is 0 Å². The number of rotatable bonds is 2. The number of nitrogens with one attached hydrogen (secondary N) is 2. The molecule has 3 rings (SSSR count). The van der Waals surface area contributed by atoms with Gasteiger partial charge < -0.3 is 14.8 Å². The van der Waals surface area contributed by atoms with Crippen molar-refractivity contribution in [3.63, 3.8) is 0 Å². The lowest BCUT2D eigenvalue weighted by atomic mass is 10.2. The van der Waals surface area contributed by atoms with Gasteiger partial charge in [-0.15, -0.1) is 0 Å². The van der Waals surface area contributed by atoms with Gasteiger partial charge in [-0.05, 0) is 19.1 Å². The Labute approximate surface area is 109 Å². The fraction of sp³-hybridized carbons (Fsp3) is 0.231. The maximum Gasteiger partial charge on any atom is 0.269 e. The summed E-state index contributed by atoms with van der Waals surface area (Å²) in [5, 5.41) is 9.35. The minimum Gasteiger partial charge on any atom is -0.485 e. The molecule has 1 aliphatic rings. The molecule has 1 amide bonds. The Kier molecular flexibility index (Phi) is 2.83. The standard InChI is InChI=1S/C13H13N3O3/c1-8-9(6-14-16-8)15-13(17)12-7-18-10-4-2-3-5-11(10)19-12/h2-6,12H,7H2,1H3,(H,14,16)(H,15,17)/t12-/m0/s1. The Hall–Kier alpha value is -2.50. The molecule has 19 heavy (non-hydrogen) atoms. The third-order valence-electron chi connectivity index (χ3n) is 2.89. The van der Waals surface area contributed by atoms with Crippen molar-refractivity contribution in [3.05, 3.63) is 36.2 Å². The minimum absolute atomic E-state index is 0.194. The van der Waals surface area contributed by atoms with Gasteiger partial charge in [0.05, 0.1) is 17.6 Å². The summed E-state index contributed by atoms with van der Waals surface area (Å²) >= 11 is 0. The molecule has 0 radical (unpaired) electrons. The quantitative estimate of drug-likeness (QED) is 0.856. The van der Waals surface area contributed by atoms with Crippen molar-refractivity contribution in [2.24, 2.45) is 0 Å². The number of H-pyrrole nitrogens is 1. The summed E-state index contributed by atoms with van der Waals surface area (Å²) in [4.78, 5) is 12.1. The van der Waals surface area contributed by atoms with Gasteiger partial charge >= 0.3 is 0 Å². The number of hydrogen-bond donors (Lipinski definition) is 2. The molecule has 0 aliphatic carbocycles. The van der Waals surface area contributed by atoms with Crippen molar-refractivity contribution in [1.82, 2.24) is 10.2 Å². The molecule has 1 aliphatic heterocycles. The van der Waals surface area contributed by atoms with Crippen LogP contribution in [-0.2, 0) is 4.79 Å². The fourth-order valence-corrected chi connectivity index (χ4v) is 1.84. The summed E-state index contributed by atoms with van der Waals surface area (Å²) in [6.07, 6.45) is 0.898. The van der Waals surface area contributed by atoms with Crippen molar-refractivity contribution in [2.45, 2.75) is 13.0 Å². The molecular formula is C13H13N3O3. The SMILES string of the molecule is Cc1[nH]ncc1NC(=O)[C@@H]1COc2ccccc2O1. The minimum atomic E-state index is -0.663. The van der Waals surface area contributed by atoms with Crippen LogP contribution >= 0.6 is 0 Å². The lowest BCUT2D eigenvalue weighted by Gasteiger charge is -2.25. The largest absolute Gasteiger partial charge is 0.485 e. The number of anilines is 1. The van der Waals surface area contributed by atoms with Crippen molar-refractivity contribution in [2.75, 3.05) is 11.9 Å². The van der Waals surface area contributed by atoms with Gasteiger partial charge in [-0.1, -0.05) is 12.1 Å². The molecule has 0 bridgehead atoms. The summed E-state index contributed by atoms with van der Waals surface area (Å²) < 4.78 is 11.1. The lowest BCUT2D eigenvalue weighted by molar-refractivity contribution is -0.125. The van der Waals surface area contributed by atoms with E-state index >= 15 is 0 Å². The van der Waals surface area contributed by atoms with E-state index in [1.54, 1.807) is 12.3 Å². The van der Waals surface area contributed by atoms with Crippen LogP contribution in [0.1, 0.15) is 5.69 Å². The number of carbonyl (C=O) groups excluding carboxylic acids is 1. The van der Waals surface area contributed by atoms with Gasteiger partial charge in [0.25, 0.3) is 5.91 Å². The van der Waals surface area contributed by atoms with Gasteiger partial charge in [0.15, 0.2) is 11.5 Å². The number of hydrogen-bond acceptors (Lipinski definition) is 4. The normalized spacial score (nSPS) is 17.0. The maximum absolute atomic E-state index is 12.1. The van der Waals surface area contributed by atoms with Gasteiger partial charge in [0, 0.05) is 0 Å². The molecule has 2 heterocycles.